The average molecular weight is 285 g/mol. The molecule has 6 heteroatoms. The second kappa shape index (κ2) is 6.83. The van der Waals surface area contributed by atoms with Crippen LogP contribution in [0.4, 0.5) is 20.4 Å². The van der Waals surface area contributed by atoms with Gasteiger partial charge >= 0.3 is 0 Å². The molecule has 1 aliphatic rings. The molecule has 112 valence electrons. The van der Waals surface area contributed by atoms with Crippen molar-refractivity contribution < 1.29 is 13.5 Å². The molecule has 1 aliphatic heterocycles. The molecule has 0 amide bonds. The van der Waals surface area contributed by atoms with Crippen LogP contribution in [0.3, 0.4) is 0 Å². The lowest BCUT2D eigenvalue weighted by Gasteiger charge is -2.20. The summed E-state index contributed by atoms with van der Waals surface area (Å²) in [5, 5.41) is 5.88. The number of hydrogen-bond acceptors (Lipinski definition) is 4. The van der Waals surface area contributed by atoms with Gasteiger partial charge in [0.25, 0.3) is 0 Å². The van der Waals surface area contributed by atoms with Crippen LogP contribution < -0.4 is 10.6 Å². The van der Waals surface area contributed by atoms with Crippen molar-refractivity contribution in [2.24, 2.45) is 5.92 Å². The minimum Gasteiger partial charge on any atom is -0.381 e. The molecule has 2 N–H and O–H groups in total. The molecule has 0 bridgehead atoms. The summed E-state index contributed by atoms with van der Waals surface area (Å²) in [5.41, 5.74) is 0. The Balaban J connectivity index is 2.09. The maximum atomic E-state index is 13.8. The number of pyridine rings is 1. The molecule has 2 atom stereocenters. The smallest absolute Gasteiger partial charge is 0.168 e. The van der Waals surface area contributed by atoms with Crippen LogP contribution in [0, 0.1) is 17.6 Å². The van der Waals surface area contributed by atoms with Crippen LogP contribution in [0.25, 0.3) is 0 Å². The van der Waals surface area contributed by atoms with Crippen LogP contribution in [-0.4, -0.2) is 30.8 Å². The fraction of sp³-hybridized carbons (Fsp3) is 0.643. The number of aromatic nitrogens is 1. The fourth-order valence-corrected chi connectivity index (χ4v) is 2.22. The first-order valence-corrected chi connectivity index (χ1v) is 7.06. The monoisotopic (exact) mass is 285 g/mol. The predicted octanol–water partition coefficient (Wildman–Crippen LogP) is 3.02. The SMILES string of the molecule is CCCNc1nc(NC(C)C2CCOC2)c(F)cc1F. The predicted molar refractivity (Wildman–Crippen MR) is 74.9 cm³/mol. The maximum absolute atomic E-state index is 13.8. The Labute approximate surface area is 117 Å². The van der Waals surface area contributed by atoms with Crippen molar-refractivity contribution >= 4 is 11.6 Å². The first-order valence-electron chi connectivity index (χ1n) is 7.06. The van der Waals surface area contributed by atoms with Gasteiger partial charge in [-0.05, 0) is 19.8 Å². The van der Waals surface area contributed by atoms with Crippen molar-refractivity contribution in [3.63, 3.8) is 0 Å². The van der Waals surface area contributed by atoms with Gasteiger partial charge in [0.15, 0.2) is 23.3 Å². The maximum Gasteiger partial charge on any atom is 0.168 e. The summed E-state index contributed by atoms with van der Waals surface area (Å²) in [6, 6.07) is 0.898. The third-order valence-electron chi connectivity index (χ3n) is 3.51. The van der Waals surface area contributed by atoms with Gasteiger partial charge in [-0.3, -0.25) is 0 Å². The summed E-state index contributed by atoms with van der Waals surface area (Å²) in [5.74, 6) is -0.836. The van der Waals surface area contributed by atoms with Crippen molar-refractivity contribution in [2.75, 3.05) is 30.4 Å². The van der Waals surface area contributed by atoms with Crippen LogP contribution in [0.1, 0.15) is 26.7 Å². The molecule has 1 aromatic heterocycles. The Morgan fingerprint density at radius 3 is 2.80 bits per heavy atom. The average Bonchev–Trinajstić information content (AvgIpc) is 2.94. The van der Waals surface area contributed by atoms with Crippen LogP contribution >= 0.6 is 0 Å². The van der Waals surface area contributed by atoms with E-state index in [0.717, 1.165) is 25.5 Å². The Kier molecular flexibility index (Phi) is 5.11. The lowest BCUT2D eigenvalue weighted by Crippen LogP contribution is -2.27. The van der Waals surface area contributed by atoms with Gasteiger partial charge in [0.05, 0.1) is 6.61 Å². The first-order chi connectivity index (χ1) is 9.61. The molecule has 2 unspecified atom stereocenters. The third kappa shape index (κ3) is 3.56. The topological polar surface area (TPSA) is 46.2 Å². The molecular formula is C14H21F2N3O. The van der Waals surface area contributed by atoms with Gasteiger partial charge in [0.1, 0.15) is 0 Å². The minimum atomic E-state index is -0.671. The van der Waals surface area contributed by atoms with Crippen molar-refractivity contribution in [2.45, 2.75) is 32.7 Å². The van der Waals surface area contributed by atoms with E-state index in [9.17, 15) is 8.78 Å². The fourth-order valence-electron chi connectivity index (χ4n) is 2.22. The summed E-state index contributed by atoms with van der Waals surface area (Å²) < 4.78 is 32.7. The summed E-state index contributed by atoms with van der Waals surface area (Å²) in [7, 11) is 0. The van der Waals surface area contributed by atoms with Crippen molar-refractivity contribution in [1.29, 1.82) is 0 Å². The molecule has 1 aromatic rings. The molecule has 0 saturated carbocycles. The minimum absolute atomic E-state index is 0.0315. The second-order valence-corrected chi connectivity index (χ2v) is 5.13. The van der Waals surface area contributed by atoms with Gasteiger partial charge in [-0.15, -0.1) is 0 Å². The molecule has 1 fully saturated rings. The highest BCUT2D eigenvalue weighted by atomic mass is 19.1. The number of anilines is 2. The zero-order valence-corrected chi connectivity index (χ0v) is 11.9. The Morgan fingerprint density at radius 2 is 2.15 bits per heavy atom. The van der Waals surface area contributed by atoms with Gasteiger partial charge in [-0.25, -0.2) is 13.8 Å². The molecular weight excluding hydrogens is 264 g/mol. The standard InChI is InChI=1S/C14H21F2N3O/c1-3-5-17-13-11(15)7-12(16)14(19-13)18-9(2)10-4-6-20-8-10/h7,9-10H,3-6,8H2,1-2H3,(H2,17,18,19). The lowest BCUT2D eigenvalue weighted by molar-refractivity contribution is 0.183. The number of nitrogens with one attached hydrogen (secondary N) is 2. The van der Waals surface area contributed by atoms with Crippen molar-refractivity contribution in [1.82, 2.24) is 4.98 Å². The van der Waals surface area contributed by atoms with Gasteiger partial charge in [0.2, 0.25) is 0 Å². The molecule has 20 heavy (non-hydrogen) atoms. The summed E-state index contributed by atoms with van der Waals surface area (Å²) in [6.07, 6.45) is 1.79. The van der Waals surface area contributed by atoms with Crippen LogP contribution in [0.5, 0.6) is 0 Å². The summed E-state index contributed by atoms with van der Waals surface area (Å²) in [6.45, 7) is 5.93. The van der Waals surface area contributed by atoms with E-state index in [4.69, 9.17) is 4.74 Å². The molecule has 4 nitrogen and oxygen atoms in total. The molecule has 1 saturated heterocycles. The van der Waals surface area contributed by atoms with E-state index < -0.39 is 11.6 Å². The number of nitrogens with zero attached hydrogens (tertiary/aromatic N) is 1. The highest BCUT2D eigenvalue weighted by molar-refractivity contribution is 5.48. The zero-order valence-electron chi connectivity index (χ0n) is 11.9. The van der Waals surface area contributed by atoms with Crippen LogP contribution in [-0.2, 0) is 4.74 Å². The van der Waals surface area contributed by atoms with Crippen molar-refractivity contribution in [3.05, 3.63) is 17.7 Å². The van der Waals surface area contributed by atoms with Crippen molar-refractivity contribution in [3.8, 4) is 0 Å². The highest BCUT2D eigenvalue weighted by Crippen LogP contribution is 2.23. The first kappa shape index (κ1) is 15.0. The highest BCUT2D eigenvalue weighted by Gasteiger charge is 2.23. The van der Waals surface area contributed by atoms with Crippen LogP contribution in [0.15, 0.2) is 6.07 Å². The summed E-state index contributed by atoms with van der Waals surface area (Å²) >= 11 is 0. The largest absolute Gasteiger partial charge is 0.381 e. The van der Waals surface area contributed by atoms with E-state index in [1.165, 1.54) is 0 Å². The van der Waals surface area contributed by atoms with E-state index in [1.807, 2.05) is 13.8 Å². The second-order valence-electron chi connectivity index (χ2n) is 5.13. The quantitative estimate of drug-likeness (QED) is 0.843. The number of hydrogen-bond donors (Lipinski definition) is 2. The van der Waals surface area contributed by atoms with E-state index in [2.05, 4.69) is 15.6 Å². The van der Waals surface area contributed by atoms with Gasteiger partial charge < -0.3 is 15.4 Å². The van der Waals surface area contributed by atoms with E-state index in [0.29, 0.717) is 19.1 Å². The summed E-state index contributed by atoms with van der Waals surface area (Å²) in [4.78, 5) is 4.01. The van der Waals surface area contributed by atoms with E-state index in [-0.39, 0.29) is 17.7 Å². The third-order valence-corrected chi connectivity index (χ3v) is 3.51. The van der Waals surface area contributed by atoms with E-state index in [1.54, 1.807) is 0 Å². The van der Waals surface area contributed by atoms with Gasteiger partial charge in [0, 0.05) is 31.2 Å². The Morgan fingerprint density at radius 1 is 1.40 bits per heavy atom. The van der Waals surface area contributed by atoms with Gasteiger partial charge in [-0.2, -0.15) is 0 Å². The zero-order chi connectivity index (χ0) is 14.5. The molecule has 2 heterocycles. The molecule has 0 aromatic carbocycles. The van der Waals surface area contributed by atoms with E-state index >= 15 is 0 Å². The lowest BCUT2D eigenvalue weighted by atomic mass is 10.0. The number of ether oxygens (including phenoxy) is 1. The molecule has 0 radical (unpaired) electrons. The number of rotatable bonds is 6. The Bertz CT molecular complexity index is 450. The molecule has 0 aliphatic carbocycles. The normalized spacial score (nSPS) is 19.9. The number of halogens is 2. The van der Waals surface area contributed by atoms with Gasteiger partial charge in [-0.1, -0.05) is 6.92 Å². The van der Waals surface area contributed by atoms with Crippen LogP contribution in [0.2, 0.25) is 0 Å². The molecule has 2 rings (SSSR count). The Hall–Kier alpha value is -1.43. The molecule has 0 spiro atoms.